The molecular formula is C39H39FO4S4. The van der Waals surface area contributed by atoms with Gasteiger partial charge in [0, 0.05) is 51.0 Å². The first-order chi connectivity index (χ1) is 23.3. The highest BCUT2D eigenvalue weighted by Crippen LogP contribution is 2.51. The molecule has 0 aliphatic heterocycles. The summed E-state index contributed by atoms with van der Waals surface area (Å²) in [6.45, 7) is 11.8. The van der Waals surface area contributed by atoms with E-state index in [1.807, 2.05) is 20.8 Å². The Morgan fingerprint density at radius 3 is 1.98 bits per heavy atom. The van der Waals surface area contributed by atoms with Crippen LogP contribution in [-0.2, 0) is 4.74 Å². The molecule has 4 aromatic heterocycles. The Morgan fingerprint density at radius 2 is 1.31 bits per heavy atom. The Balaban J connectivity index is 1.30. The molecule has 250 valence electrons. The molecule has 0 amide bonds. The Bertz CT molecular complexity index is 2200. The van der Waals surface area contributed by atoms with E-state index in [0.717, 1.165) is 81.7 Å². The Morgan fingerprint density at radius 1 is 0.708 bits per heavy atom. The molecule has 7 aromatic rings. The van der Waals surface area contributed by atoms with Crippen molar-refractivity contribution >= 4 is 103 Å². The summed E-state index contributed by atoms with van der Waals surface area (Å²) < 4.78 is 37.5. The largest absolute Gasteiger partial charge is 0.493 e. The molecule has 0 saturated carbocycles. The number of carbonyl (C=O) groups excluding carboxylic acids is 1. The lowest BCUT2D eigenvalue weighted by atomic mass is 9.98. The zero-order valence-corrected chi connectivity index (χ0v) is 31.2. The van der Waals surface area contributed by atoms with Crippen LogP contribution in [0.25, 0.3) is 61.6 Å². The SMILES string of the molecule is CCCCCCCCOC(=O)c1sc2c(C)sc(-c3cc4cc5c(OCC)c6cc7sc(C)cc7cc6c(OCC)c5cc4s3)c2c1F. The molecule has 4 heterocycles. The average molecular weight is 719 g/mol. The summed E-state index contributed by atoms with van der Waals surface area (Å²) in [4.78, 5) is 17.1. The first-order valence-electron chi connectivity index (χ1n) is 16.8. The number of hydrogen-bond acceptors (Lipinski definition) is 8. The van der Waals surface area contributed by atoms with Gasteiger partial charge in [0.15, 0.2) is 5.82 Å². The number of carbonyl (C=O) groups is 1. The molecule has 0 aliphatic carbocycles. The number of rotatable bonds is 13. The van der Waals surface area contributed by atoms with Crippen molar-refractivity contribution in [3.8, 4) is 21.3 Å². The van der Waals surface area contributed by atoms with Crippen molar-refractivity contribution in [2.75, 3.05) is 19.8 Å². The van der Waals surface area contributed by atoms with Gasteiger partial charge in [-0.2, -0.15) is 0 Å². The van der Waals surface area contributed by atoms with Gasteiger partial charge in [0.05, 0.1) is 29.4 Å². The predicted molar refractivity (Wildman–Crippen MR) is 206 cm³/mol. The summed E-state index contributed by atoms with van der Waals surface area (Å²) in [6, 6.07) is 13.2. The lowest BCUT2D eigenvalue weighted by Gasteiger charge is -2.17. The van der Waals surface area contributed by atoms with Crippen LogP contribution >= 0.6 is 45.3 Å². The van der Waals surface area contributed by atoms with Crippen molar-refractivity contribution < 1.29 is 23.4 Å². The van der Waals surface area contributed by atoms with E-state index < -0.39 is 11.8 Å². The molecule has 0 unspecified atom stereocenters. The van der Waals surface area contributed by atoms with Crippen LogP contribution in [0, 0.1) is 19.7 Å². The second-order valence-corrected chi connectivity index (χ2v) is 16.8. The van der Waals surface area contributed by atoms with Crippen LogP contribution in [-0.4, -0.2) is 25.8 Å². The quantitative estimate of drug-likeness (QED) is 0.0676. The molecule has 48 heavy (non-hydrogen) atoms. The highest BCUT2D eigenvalue weighted by molar-refractivity contribution is 7.30. The number of aryl methyl sites for hydroxylation is 2. The summed E-state index contributed by atoms with van der Waals surface area (Å²) in [5.41, 5.74) is 0. The van der Waals surface area contributed by atoms with Crippen LogP contribution in [0.2, 0.25) is 0 Å². The molecule has 0 N–H and O–H groups in total. The number of benzene rings is 3. The maximum atomic E-state index is 16.1. The number of hydrogen-bond donors (Lipinski definition) is 0. The van der Waals surface area contributed by atoms with Crippen LogP contribution in [0.3, 0.4) is 0 Å². The van der Waals surface area contributed by atoms with Gasteiger partial charge >= 0.3 is 5.97 Å². The smallest absolute Gasteiger partial charge is 0.351 e. The zero-order chi connectivity index (χ0) is 33.5. The van der Waals surface area contributed by atoms with Crippen LogP contribution in [0.5, 0.6) is 11.5 Å². The monoisotopic (exact) mass is 718 g/mol. The van der Waals surface area contributed by atoms with Crippen molar-refractivity contribution in [1.29, 1.82) is 0 Å². The number of thiophene rings is 4. The maximum absolute atomic E-state index is 16.1. The van der Waals surface area contributed by atoms with Crippen molar-refractivity contribution in [1.82, 2.24) is 0 Å². The lowest BCUT2D eigenvalue weighted by Crippen LogP contribution is -2.06. The van der Waals surface area contributed by atoms with Crippen molar-refractivity contribution in [3.63, 3.8) is 0 Å². The standard InChI is InChI=1S/C39H39FO4S4/c1-6-9-10-11-12-13-14-44-39(41)38-33(40)32-36(48-38)22(5)46-37(32)31-18-24-17-26-28(20-30(24)47-31)34(42-7-2)25-16-23-15-21(4)45-29(23)19-27(25)35(26)43-8-3/h15-20H,6-14H2,1-5H3. The fraction of sp³-hybridized carbons (Fsp3) is 0.359. The molecular weight excluding hydrogens is 680 g/mol. The highest BCUT2D eigenvalue weighted by Gasteiger charge is 2.27. The van der Waals surface area contributed by atoms with Crippen molar-refractivity contribution in [2.45, 2.75) is 73.1 Å². The fourth-order valence-corrected chi connectivity index (χ4v) is 11.1. The molecule has 0 saturated heterocycles. The lowest BCUT2D eigenvalue weighted by molar-refractivity contribution is 0.0499. The van der Waals surface area contributed by atoms with Gasteiger partial charge in [0.1, 0.15) is 16.4 Å². The van der Waals surface area contributed by atoms with E-state index in [1.165, 1.54) is 45.6 Å². The summed E-state index contributed by atoms with van der Waals surface area (Å²) in [6.07, 6.45) is 6.59. The normalized spacial score (nSPS) is 12.0. The van der Waals surface area contributed by atoms with E-state index in [-0.39, 0.29) is 4.88 Å². The zero-order valence-electron chi connectivity index (χ0n) is 28.0. The maximum Gasteiger partial charge on any atom is 0.351 e. The van der Waals surface area contributed by atoms with Gasteiger partial charge in [-0.05, 0) is 81.3 Å². The second kappa shape index (κ2) is 13.9. The number of esters is 1. The van der Waals surface area contributed by atoms with Gasteiger partial charge in [-0.25, -0.2) is 9.18 Å². The van der Waals surface area contributed by atoms with E-state index in [2.05, 4.69) is 50.2 Å². The van der Waals surface area contributed by atoms with Crippen LogP contribution < -0.4 is 9.47 Å². The molecule has 0 spiro atoms. The molecule has 9 heteroatoms. The van der Waals surface area contributed by atoms with E-state index in [1.54, 1.807) is 34.0 Å². The molecule has 0 aliphatic rings. The summed E-state index contributed by atoms with van der Waals surface area (Å²) in [7, 11) is 0. The van der Waals surface area contributed by atoms with E-state index in [9.17, 15) is 4.79 Å². The third-order valence-electron chi connectivity index (χ3n) is 8.78. The summed E-state index contributed by atoms with van der Waals surface area (Å²) >= 11 is 6.21. The molecule has 0 bridgehead atoms. The summed E-state index contributed by atoms with van der Waals surface area (Å²) in [5, 5.41) is 6.88. The number of fused-ring (bicyclic) bond motifs is 5. The predicted octanol–water partition coefficient (Wildman–Crippen LogP) is 13.4. The molecule has 0 radical (unpaired) electrons. The van der Waals surface area contributed by atoms with Gasteiger partial charge in [-0.15, -0.1) is 45.3 Å². The van der Waals surface area contributed by atoms with Crippen LogP contribution in [0.1, 0.15) is 78.7 Å². The summed E-state index contributed by atoms with van der Waals surface area (Å²) in [5.74, 6) is 0.685. The third kappa shape index (κ3) is 5.97. The average Bonchev–Trinajstić information content (AvgIpc) is 3.82. The van der Waals surface area contributed by atoms with Crippen LogP contribution in [0.4, 0.5) is 4.39 Å². The molecule has 0 atom stereocenters. The van der Waals surface area contributed by atoms with Crippen molar-refractivity contribution in [3.05, 3.63) is 56.8 Å². The van der Waals surface area contributed by atoms with E-state index in [4.69, 9.17) is 14.2 Å². The topological polar surface area (TPSA) is 44.8 Å². The molecule has 4 nitrogen and oxygen atoms in total. The van der Waals surface area contributed by atoms with Gasteiger partial charge in [0.2, 0.25) is 0 Å². The van der Waals surface area contributed by atoms with E-state index in [0.29, 0.717) is 25.2 Å². The first kappa shape index (κ1) is 33.3. The van der Waals surface area contributed by atoms with Gasteiger partial charge < -0.3 is 14.2 Å². The Labute approximate surface area is 296 Å². The minimum absolute atomic E-state index is 0.0690. The number of unbranched alkanes of at least 4 members (excludes halogenated alkanes) is 5. The Kier molecular flexibility index (Phi) is 9.66. The Hall–Kier alpha value is -3.24. The highest BCUT2D eigenvalue weighted by atomic mass is 32.1. The number of halogens is 1. The first-order valence-corrected chi connectivity index (χ1v) is 20.1. The molecule has 3 aromatic carbocycles. The van der Waals surface area contributed by atoms with Crippen LogP contribution in [0.15, 0.2) is 36.4 Å². The van der Waals surface area contributed by atoms with Crippen molar-refractivity contribution in [2.24, 2.45) is 0 Å². The fourth-order valence-electron chi connectivity index (χ4n) is 6.59. The minimum Gasteiger partial charge on any atom is -0.493 e. The number of ether oxygens (including phenoxy) is 3. The third-order valence-corrected chi connectivity index (χ3v) is 13.6. The second-order valence-electron chi connectivity index (χ2n) is 12.2. The van der Waals surface area contributed by atoms with Gasteiger partial charge in [-0.1, -0.05) is 39.0 Å². The minimum atomic E-state index is -0.561. The van der Waals surface area contributed by atoms with Gasteiger partial charge in [-0.3, -0.25) is 0 Å². The van der Waals surface area contributed by atoms with E-state index >= 15 is 4.39 Å². The molecule has 0 fully saturated rings. The molecule has 7 rings (SSSR count). The van der Waals surface area contributed by atoms with Gasteiger partial charge in [0.25, 0.3) is 0 Å².